The van der Waals surface area contributed by atoms with Crippen LogP contribution in [0.1, 0.15) is 37.8 Å². The smallest absolute Gasteiger partial charge is 0.127 e. The zero-order chi connectivity index (χ0) is 12.3. The van der Waals surface area contributed by atoms with Gasteiger partial charge in [0.15, 0.2) is 0 Å². The molecule has 0 amide bonds. The lowest BCUT2D eigenvalue weighted by molar-refractivity contribution is -0.108. The molecule has 1 aromatic carbocycles. The standard InChI is InChI=1S/C10H12O.C2H6.CH4O/c1-8-3-5-10(6-4-8)9(2)7-11;2*1-2/h3-7,9H,1-2H3;1-2H3;2H,1H3. The van der Waals surface area contributed by atoms with E-state index >= 15 is 0 Å². The molecule has 1 N–H and O–H groups in total. The van der Waals surface area contributed by atoms with Crippen molar-refractivity contribution >= 4 is 6.29 Å². The first-order valence-corrected chi connectivity index (χ1v) is 5.20. The predicted octanol–water partition coefficient (Wildman–Crippen LogP) is 2.93. The highest BCUT2D eigenvalue weighted by molar-refractivity contribution is 5.61. The van der Waals surface area contributed by atoms with Crippen molar-refractivity contribution in [2.45, 2.75) is 33.6 Å². The van der Waals surface area contributed by atoms with Crippen LogP contribution in [-0.2, 0) is 4.79 Å². The van der Waals surface area contributed by atoms with Crippen molar-refractivity contribution in [3.63, 3.8) is 0 Å². The minimum absolute atomic E-state index is 0.0237. The third kappa shape index (κ3) is 6.86. The summed E-state index contributed by atoms with van der Waals surface area (Å²) in [5, 5.41) is 7.00. The molecule has 1 atom stereocenters. The van der Waals surface area contributed by atoms with E-state index in [1.165, 1.54) is 5.56 Å². The largest absolute Gasteiger partial charge is 0.400 e. The highest BCUT2D eigenvalue weighted by Gasteiger charge is 2.00. The van der Waals surface area contributed by atoms with E-state index in [2.05, 4.69) is 0 Å². The molecule has 1 unspecified atom stereocenters. The van der Waals surface area contributed by atoms with Gasteiger partial charge in [0.25, 0.3) is 0 Å². The van der Waals surface area contributed by atoms with Crippen molar-refractivity contribution in [3.8, 4) is 0 Å². The van der Waals surface area contributed by atoms with Crippen molar-refractivity contribution in [2.24, 2.45) is 0 Å². The molecule has 2 heteroatoms. The number of benzene rings is 1. The second-order valence-corrected chi connectivity index (χ2v) is 2.84. The second-order valence-electron chi connectivity index (χ2n) is 2.84. The van der Waals surface area contributed by atoms with Crippen LogP contribution in [0.25, 0.3) is 0 Å². The van der Waals surface area contributed by atoms with Gasteiger partial charge in [-0.15, -0.1) is 0 Å². The molecule has 0 heterocycles. The van der Waals surface area contributed by atoms with Crippen LogP contribution >= 0.6 is 0 Å². The summed E-state index contributed by atoms with van der Waals surface area (Å²) in [4.78, 5) is 10.4. The fourth-order valence-corrected chi connectivity index (χ4v) is 0.949. The van der Waals surface area contributed by atoms with Crippen LogP contribution in [0.15, 0.2) is 24.3 Å². The van der Waals surface area contributed by atoms with Gasteiger partial charge in [-0.3, -0.25) is 0 Å². The normalized spacial score (nSPS) is 10.0. The molecule has 0 aliphatic carbocycles. The maximum absolute atomic E-state index is 10.4. The van der Waals surface area contributed by atoms with Crippen molar-refractivity contribution in [1.82, 2.24) is 0 Å². The third-order valence-electron chi connectivity index (χ3n) is 1.81. The fourth-order valence-electron chi connectivity index (χ4n) is 0.949. The molecule has 0 bridgehead atoms. The Labute approximate surface area is 93.0 Å². The molecular weight excluding hydrogens is 188 g/mol. The summed E-state index contributed by atoms with van der Waals surface area (Å²) in [5.41, 5.74) is 2.32. The number of carbonyl (C=O) groups is 1. The Morgan fingerprint density at radius 3 is 1.87 bits per heavy atom. The number of aldehydes is 1. The van der Waals surface area contributed by atoms with E-state index in [9.17, 15) is 4.79 Å². The summed E-state index contributed by atoms with van der Waals surface area (Å²) < 4.78 is 0. The Hall–Kier alpha value is -1.15. The molecule has 1 aromatic rings. The first kappa shape index (κ1) is 16.3. The van der Waals surface area contributed by atoms with Gasteiger partial charge in [0.2, 0.25) is 0 Å². The van der Waals surface area contributed by atoms with E-state index in [0.717, 1.165) is 19.0 Å². The van der Waals surface area contributed by atoms with Crippen LogP contribution in [0, 0.1) is 6.92 Å². The molecular formula is C13H22O2. The van der Waals surface area contributed by atoms with Gasteiger partial charge in [-0.2, -0.15) is 0 Å². The molecule has 1 rings (SSSR count). The second kappa shape index (κ2) is 10.9. The summed E-state index contributed by atoms with van der Waals surface area (Å²) in [5.74, 6) is 0.0237. The van der Waals surface area contributed by atoms with Gasteiger partial charge < -0.3 is 9.90 Å². The molecule has 0 saturated heterocycles. The minimum atomic E-state index is 0.0237. The maximum atomic E-state index is 10.4. The van der Waals surface area contributed by atoms with E-state index in [4.69, 9.17) is 5.11 Å². The van der Waals surface area contributed by atoms with E-state index < -0.39 is 0 Å². The molecule has 0 fully saturated rings. The Balaban J connectivity index is 0. The Kier molecular flexibility index (Phi) is 11.9. The summed E-state index contributed by atoms with van der Waals surface area (Å²) >= 11 is 0. The van der Waals surface area contributed by atoms with Crippen molar-refractivity contribution in [1.29, 1.82) is 0 Å². The third-order valence-corrected chi connectivity index (χ3v) is 1.81. The quantitative estimate of drug-likeness (QED) is 0.762. The van der Waals surface area contributed by atoms with Gasteiger partial charge >= 0.3 is 0 Å². The van der Waals surface area contributed by atoms with Crippen LogP contribution in [0.4, 0.5) is 0 Å². The van der Waals surface area contributed by atoms with Gasteiger partial charge in [-0.25, -0.2) is 0 Å². The Morgan fingerprint density at radius 2 is 1.53 bits per heavy atom. The molecule has 2 nitrogen and oxygen atoms in total. The number of hydrogen-bond acceptors (Lipinski definition) is 2. The Bertz CT molecular complexity index is 239. The lowest BCUT2D eigenvalue weighted by atomic mass is 10.0. The van der Waals surface area contributed by atoms with Crippen molar-refractivity contribution in [3.05, 3.63) is 35.4 Å². The van der Waals surface area contributed by atoms with Gasteiger partial charge in [0.1, 0.15) is 6.29 Å². The number of hydrogen-bond donors (Lipinski definition) is 1. The molecule has 0 aliphatic heterocycles. The van der Waals surface area contributed by atoms with E-state index in [1.807, 2.05) is 52.0 Å². The topological polar surface area (TPSA) is 37.3 Å². The summed E-state index contributed by atoms with van der Waals surface area (Å²) in [6.07, 6.45) is 0.963. The molecule has 0 aliphatic rings. The van der Waals surface area contributed by atoms with Crippen LogP contribution in [0.3, 0.4) is 0 Å². The lowest BCUT2D eigenvalue weighted by Gasteiger charge is -2.02. The number of aliphatic hydroxyl groups is 1. The number of aryl methyl sites for hydroxylation is 1. The zero-order valence-corrected chi connectivity index (χ0v) is 10.3. The number of rotatable bonds is 2. The summed E-state index contributed by atoms with van der Waals surface area (Å²) in [6.45, 7) is 7.94. The van der Waals surface area contributed by atoms with Gasteiger partial charge in [-0.1, -0.05) is 50.6 Å². The summed E-state index contributed by atoms with van der Waals surface area (Å²) in [7, 11) is 1.00. The number of carbonyl (C=O) groups excluding carboxylic acids is 1. The fraction of sp³-hybridized carbons (Fsp3) is 0.462. The first-order valence-electron chi connectivity index (χ1n) is 5.20. The Morgan fingerprint density at radius 1 is 1.13 bits per heavy atom. The van der Waals surface area contributed by atoms with Crippen LogP contribution in [0.5, 0.6) is 0 Å². The molecule has 0 saturated carbocycles. The highest BCUT2D eigenvalue weighted by Crippen LogP contribution is 2.12. The average Bonchev–Trinajstić information content (AvgIpc) is 2.34. The van der Waals surface area contributed by atoms with Crippen LogP contribution < -0.4 is 0 Å². The zero-order valence-electron chi connectivity index (χ0n) is 10.3. The number of aliphatic hydroxyl groups excluding tert-OH is 1. The van der Waals surface area contributed by atoms with Gasteiger partial charge in [0.05, 0.1) is 0 Å². The van der Waals surface area contributed by atoms with Gasteiger partial charge in [0, 0.05) is 13.0 Å². The maximum Gasteiger partial charge on any atom is 0.127 e. The molecule has 0 radical (unpaired) electrons. The highest BCUT2D eigenvalue weighted by atomic mass is 16.2. The van der Waals surface area contributed by atoms with Crippen molar-refractivity contribution in [2.75, 3.05) is 7.11 Å². The van der Waals surface area contributed by atoms with E-state index in [-0.39, 0.29) is 5.92 Å². The van der Waals surface area contributed by atoms with Crippen LogP contribution in [-0.4, -0.2) is 18.5 Å². The van der Waals surface area contributed by atoms with Gasteiger partial charge in [-0.05, 0) is 12.5 Å². The monoisotopic (exact) mass is 210 g/mol. The average molecular weight is 210 g/mol. The minimum Gasteiger partial charge on any atom is -0.400 e. The first-order chi connectivity index (χ1) is 7.24. The predicted molar refractivity (Wildman–Crippen MR) is 65.1 cm³/mol. The summed E-state index contributed by atoms with van der Waals surface area (Å²) in [6, 6.07) is 8.04. The van der Waals surface area contributed by atoms with Crippen LogP contribution in [0.2, 0.25) is 0 Å². The molecule has 15 heavy (non-hydrogen) atoms. The lowest BCUT2D eigenvalue weighted by Crippen LogP contribution is -1.93. The van der Waals surface area contributed by atoms with Crippen molar-refractivity contribution < 1.29 is 9.90 Å². The molecule has 0 spiro atoms. The molecule has 0 aromatic heterocycles. The molecule has 86 valence electrons. The van der Waals surface area contributed by atoms with E-state index in [1.54, 1.807) is 0 Å². The SMILES string of the molecule is CC.CO.Cc1ccc(C(C)C=O)cc1. The van der Waals surface area contributed by atoms with E-state index in [0.29, 0.717) is 0 Å².